The van der Waals surface area contributed by atoms with Crippen LogP contribution < -0.4 is 5.73 Å². The molecule has 0 aliphatic heterocycles. The molecule has 15 heavy (non-hydrogen) atoms. The van der Waals surface area contributed by atoms with E-state index in [-0.39, 0.29) is 6.54 Å². The number of carbonyl (C=O) groups is 1. The van der Waals surface area contributed by atoms with Gasteiger partial charge in [-0.1, -0.05) is 0 Å². The number of carboxylic acids is 1. The van der Waals surface area contributed by atoms with Crippen molar-refractivity contribution in [2.45, 2.75) is 5.92 Å². The zero-order chi connectivity index (χ0) is 10.8. The Bertz CT molecular complexity index is 494. The monoisotopic (exact) mass is 206 g/mol. The van der Waals surface area contributed by atoms with Crippen LogP contribution >= 0.6 is 0 Å². The number of rotatable bonds is 3. The fraction of sp³-hybridized carbons (Fsp3) is 0.222. The Morgan fingerprint density at radius 3 is 2.73 bits per heavy atom. The first-order valence-corrected chi connectivity index (χ1v) is 4.44. The Morgan fingerprint density at radius 1 is 1.47 bits per heavy atom. The molecule has 0 aromatic carbocycles. The topological polar surface area (TPSA) is 93.5 Å². The number of nitrogens with two attached hydrogens (primary N) is 1. The van der Waals surface area contributed by atoms with Gasteiger partial charge in [-0.25, -0.2) is 4.98 Å². The average Bonchev–Trinajstić information content (AvgIpc) is 2.66. The smallest absolute Gasteiger partial charge is 0.314 e. The van der Waals surface area contributed by atoms with Gasteiger partial charge in [0.15, 0.2) is 5.65 Å². The molecule has 0 radical (unpaired) electrons. The van der Waals surface area contributed by atoms with Crippen LogP contribution in [-0.4, -0.2) is 32.0 Å². The van der Waals surface area contributed by atoms with Gasteiger partial charge in [0.05, 0.1) is 5.69 Å². The summed E-state index contributed by atoms with van der Waals surface area (Å²) in [5, 5.41) is 8.97. The number of aromatic nitrogens is 3. The first-order chi connectivity index (χ1) is 7.24. The van der Waals surface area contributed by atoms with Crippen LogP contribution in [0.15, 0.2) is 24.8 Å². The van der Waals surface area contributed by atoms with Crippen LogP contribution in [0, 0.1) is 0 Å². The molecule has 0 amide bonds. The lowest BCUT2D eigenvalue weighted by Gasteiger charge is -2.09. The summed E-state index contributed by atoms with van der Waals surface area (Å²) >= 11 is 0. The summed E-state index contributed by atoms with van der Waals surface area (Å²) < 4.78 is 1.72. The van der Waals surface area contributed by atoms with Crippen LogP contribution in [0.3, 0.4) is 0 Å². The summed E-state index contributed by atoms with van der Waals surface area (Å²) in [7, 11) is 0. The third-order valence-electron chi connectivity index (χ3n) is 2.20. The van der Waals surface area contributed by atoms with Crippen molar-refractivity contribution in [1.82, 2.24) is 14.4 Å². The Hall–Kier alpha value is -1.95. The zero-order valence-electron chi connectivity index (χ0n) is 7.87. The standard InChI is InChI=1S/C9H10N4O2/c10-5-6(9(14)15)7-8-12-2-4-13(8)3-1-11-7/h1-4,6H,5,10H2,(H,14,15). The van der Waals surface area contributed by atoms with E-state index in [1.165, 1.54) is 6.20 Å². The van der Waals surface area contributed by atoms with E-state index in [2.05, 4.69) is 9.97 Å². The number of nitrogens with zero attached hydrogens (tertiary/aromatic N) is 3. The number of aliphatic carboxylic acids is 1. The number of carboxylic acid groups (broad SMARTS) is 1. The number of fused-ring (bicyclic) bond motifs is 1. The maximum absolute atomic E-state index is 10.9. The molecular weight excluding hydrogens is 196 g/mol. The van der Waals surface area contributed by atoms with E-state index in [0.717, 1.165) is 0 Å². The largest absolute Gasteiger partial charge is 0.481 e. The number of hydrogen-bond donors (Lipinski definition) is 2. The summed E-state index contributed by atoms with van der Waals surface area (Å²) in [5.41, 5.74) is 6.35. The predicted octanol–water partition coefficient (Wildman–Crippen LogP) is -0.144. The third kappa shape index (κ3) is 1.55. The van der Waals surface area contributed by atoms with Gasteiger partial charge in [-0.15, -0.1) is 0 Å². The molecule has 0 aliphatic rings. The van der Waals surface area contributed by atoms with Gasteiger partial charge in [-0.05, 0) is 0 Å². The van der Waals surface area contributed by atoms with Gasteiger partial charge in [-0.2, -0.15) is 0 Å². The van der Waals surface area contributed by atoms with Gasteiger partial charge in [0.2, 0.25) is 0 Å². The molecule has 2 rings (SSSR count). The van der Waals surface area contributed by atoms with Gasteiger partial charge in [0.25, 0.3) is 0 Å². The summed E-state index contributed by atoms with van der Waals surface area (Å²) in [6.07, 6.45) is 6.57. The fourth-order valence-electron chi connectivity index (χ4n) is 1.45. The minimum atomic E-state index is -0.985. The van der Waals surface area contributed by atoms with Crippen molar-refractivity contribution in [3.8, 4) is 0 Å². The highest BCUT2D eigenvalue weighted by Gasteiger charge is 2.22. The van der Waals surface area contributed by atoms with Crippen molar-refractivity contribution >= 4 is 11.6 Å². The summed E-state index contributed by atoms with van der Waals surface area (Å²) in [6.45, 7) is 0.00880. The third-order valence-corrected chi connectivity index (χ3v) is 2.20. The Balaban J connectivity index is 2.59. The van der Waals surface area contributed by atoms with Gasteiger partial charge in [0.1, 0.15) is 5.92 Å². The molecule has 0 aliphatic carbocycles. The molecule has 0 saturated carbocycles. The van der Waals surface area contributed by atoms with Crippen LogP contribution in [0.4, 0.5) is 0 Å². The first kappa shape index (κ1) is 9.60. The molecular formula is C9H10N4O2. The van der Waals surface area contributed by atoms with E-state index in [9.17, 15) is 4.79 Å². The molecule has 2 aromatic heterocycles. The van der Waals surface area contributed by atoms with Crippen LogP contribution in [-0.2, 0) is 4.79 Å². The highest BCUT2D eigenvalue weighted by molar-refractivity contribution is 5.78. The minimum Gasteiger partial charge on any atom is -0.481 e. The van der Waals surface area contributed by atoms with E-state index in [1.807, 2.05) is 0 Å². The van der Waals surface area contributed by atoms with Crippen LogP contribution in [0.2, 0.25) is 0 Å². The maximum Gasteiger partial charge on any atom is 0.314 e. The molecule has 0 fully saturated rings. The predicted molar refractivity (Wildman–Crippen MR) is 52.4 cm³/mol. The van der Waals surface area contributed by atoms with Gasteiger partial charge >= 0.3 is 5.97 Å². The second-order valence-electron chi connectivity index (χ2n) is 3.10. The molecule has 6 heteroatoms. The second-order valence-corrected chi connectivity index (χ2v) is 3.10. The molecule has 2 heterocycles. The first-order valence-electron chi connectivity index (χ1n) is 4.44. The summed E-state index contributed by atoms with van der Waals surface area (Å²) in [6, 6.07) is 0. The van der Waals surface area contributed by atoms with E-state index < -0.39 is 11.9 Å². The van der Waals surface area contributed by atoms with Crippen LogP contribution in [0.25, 0.3) is 5.65 Å². The lowest BCUT2D eigenvalue weighted by atomic mass is 10.1. The normalized spacial score (nSPS) is 12.9. The van der Waals surface area contributed by atoms with E-state index in [1.54, 1.807) is 23.0 Å². The minimum absolute atomic E-state index is 0.00880. The quantitative estimate of drug-likeness (QED) is 0.728. The molecule has 78 valence electrons. The fourth-order valence-corrected chi connectivity index (χ4v) is 1.45. The average molecular weight is 206 g/mol. The van der Waals surface area contributed by atoms with E-state index in [4.69, 9.17) is 10.8 Å². The zero-order valence-corrected chi connectivity index (χ0v) is 7.87. The Kier molecular flexibility index (Phi) is 2.34. The molecule has 6 nitrogen and oxygen atoms in total. The molecule has 0 bridgehead atoms. The SMILES string of the molecule is NCC(C(=O)O)c1nccn2ccnc12. The summed E-state index contributed by atoms with van der Waals surface area (Å²) in [5.74, 6) is -1.79. The van der Waals surface area contributed by atoms with Crippen molar-refractivity contribution < 1.29 is 9.90 Å². The van der Waals surface area contributed by atoms with Crippen molar-refractivity contribution in [2.75, 3.05) is 6.54 Å². The second kappa shape index (κ2) is 3.66. The van der Waals surface area contributed by atoms with Crippen molar-refractivity contribution in [3.63, 3.8) is 0 Å². The summed E-state index contributed by atoms with van der Waals surface area (Å²) in [4.78, 5) is 19.0. The van der Waals surface area contributed by atoms with Gasteiger partial charge in [0, 0.05) is 31.3 Å². The van der Waals surface area contributed by atoms with Crippen molar-refractivity contribution in [2.24, 2.45) is 5.73 Å². The highest BCUT2D eigenvalue weighted by Crippen LogP contribution is 2.16. The van der Waals surface area contributed by atoms with Crippen molar-refractivity contribution in [3.05, 3.63) is 30.5 Å². The van der Waals surface area contributed by atoms with Gasteiger partial charge < -0.3 is 15.2 Å². The van der Waals surface area contributed by atoms with Crippen molar-refractivity contribution in [1.29, 1.82) is 0 Å². The molecule has 1 atom stereocenters. The van der Waals surface area contributed by atoms with Gasteiger partial charge in [-0.3, -0.25) is 9.78 Å². The molecule has 0 spiro atoms. The number of imidazole rings is 1. The number of hydrogen-bond acceptors (Lipinski definition) is 4. The van der Waals surface area contributed by atoms with Crippen LogP contribution in [0.1, 0.15) is 11.6 Å². The maximum atomic E-state index is 10.9. The molecule has 3 N–H and O–H groups in total. The Labute approximate surface area is 85.4 Å². The van der Waals surface area contributed by atoms with E-state index >= 15 is 0 Å². The Morgan fingerprint density at radius 2 is 2.13 bits per heavy atom. The molecule has 1 unspecified atom stereocenters. The van der Waals surface area contributed by atoms with E-state index in [0.29, 0.717) is 11.3 Å². The van der Waals surface area contributed by atoms with Crippen LogP contribution in [0.5, 0.6) is 0 Å². The lowest BCUT2D eigenvalue weighted by molar-refractivity contribution is -0.138. The highest BCUT2D eigenvalue weighted by atomic mass is 16.4. The molecule has 2 aromatic rings. The lowest BCUT2D eigenvalue weighted by Crippen LogP contribution is -2.22. The molecule has 0 saturated heterocycles.